The van der Waals surface area contributed by atoms with Crippen molar-refractivity contribution in [3.8, 4) is 0 Å². The number of ether oxygens (including phenoxy) is 1. The van der Waals surface area contributed by atoms with E-state index in [1.54, 1.807) is 0 Å². The number of likely N-dealkylation sites (tertiary alicyclic amines) is 3. The van der Waals surface area contributed by atoms with Crippen LogP contribution in [-0.2, 0) is 4.74 Å². The van der Waals surface area contributed by atoms with Gasteiger partial charge in [-0.3, -0.25) is 24.5 Å². The van der Waals surface area contributed by atoms with Gasteiger partial charge in [-0.1, -0.05) is 19.3 Å². The lowest BCUT2D eigenvalue weighted by Crippen LogP contribution is -2.47. The van der Waals surface area contributed by atoms with Gasteiger partial charge in [0.1, 0.15) is 0 Å². The Morgan fingerprint density at radius 1 is 0.300 bits per heavy atom. The summed E-state index contributed by atoms with van der Waals surface area (Å²) in [6.45, 7) is 48.7. The number of morpholine rings is 1. The minimum atomic E-state index is 0.323. The van der Waals surface area contributed by atoms with Crippen molar-refractivity contribution in [3.05, 3.63) is 0 Å². The molecule has 5 aliphatic rings. The van der Waals surface area contributed by atoms with Crippen LogP contribution < -0.4 is 0 Å². The summed E-state index contributed by atoms with van der Waals surface area (Å²) in [5.74, 6) is 2.63. The molecule has 50 heavy (non-hydrogen) atoms. The normalized spacial score (nSPS) is 23.1. The van der Waals surface area contributed by atoms with Crippen LogP contribution in [-0.4, -0.2) is 142 Å². The van der Waals surface area contributed by atoms with E-state index < -0.39 is 0 Å². The maximum absolute atomic E-state index is 5.25. The molecule has 0 N–H and O–H groups in total. The fourth-order valence-electron chi connectivity index (χ4n) is 7.16. The molecule has 5 saturated heterocycles. The van der Waals surface area contributed by atoms with Gasteiger partial charge in [0.15, 0.2) is 0 Å². The second-order valence-corrected chi connectivity index (χ2v) is 21.4. The SMILES string of the molecule is CC(C)(C)N1CCCC1.CC(C)(C)N1CCCCC1.CC(C)(C)N1CCCCCC1.CC(C)(C)N1CCOCC1.CC(C)(C)N1CCSCC1. The van der Waals surface area contributed by atoms with Crippen LogP contribution in [0.3, 0.4) is 0 Å². The Morgan fingerprint density at radius 2 is 0.520 bits per heavy atom. The molecule has 0 aromatic carbocycles. The fraction of sp³-hybridized carbons (Fsp3) is 1.00. The fourth-order valence-corrected chi connectivity index (χ4v) is 8.07. The zero-order valence-electron chi connectivity index (χ0n) is 36.8. The molecule has 7 heteroatoms. The average Bonchev–Trinajstić information content (AvgIpc) is 3.45. The smallest absolute Gasteiger partial charge is 0.0594 e. The Bertz CT molecular complexity index is 749. The van der Waals surface area contributed by atoms with Crippen LogP contribution in [0, 0.1) is 0 Å². The average molecular weight is 726 g/mol. The van der Waals surface area contributed by atoms with Gasteiger partial charge in [-0.2, -0.15) is 11.8 Å². The molecule has 0 aromatic rings. The summed E-state index contributed by atoms with van der Waals surface area (Å²) in [5, 5.41) is 0. The van der Waals surface area contributed by atoms with Crippen LogP contribution in [0.1, 0.15) is 162 Å². The largest absolute Gasteiger partial charge is 0.379 e. The van der Waals surface area contributed by atoms with Gasteiger partial charge in [-0.25, -0.2) is 0 Å². The van der Waals surface area contributed by atoms with Crippen LogP contribution >= 0.6 is 11.8 Å². The Labute approximate surface area is 319 Å². The summed E-state index contributed by atoms with van der Waals surface area (Å²) in [7, 11) is 0. The molecule has 0 bridgehead atoms. The van der Waals surface area contributed by atoms with Crippen molar-refractivity contribution in [1.82, 2.24) is 24.5 Å². The first-order valence-corrected chi connectivity index (χ1v) is 22.1. The lowest BCUT2D eigenvalue weighted by molar-refractivity contribution is -0.00389. The lowest BCUT2D eigenvalue weighted by atomic mass is 10.0. The molecule has 5 rings (SSSR count). The highest BCUT2D eigenvalue weighted by molar-refractivity contribution is 7.99. The van der Waals surface area contributed by atoms with E-state index in [0.29, 0.717) is 27.7 Å². The van der Waals surface area contributed by atoms with E-state index in [-0.39, 0.29) is 0 Å². The maximum Gasteiger partial charge on any atom is 0.0594 e. The molecule has 0 unspecified atom stereocenters. The lowest BCUT2D eigenvalue weighted by Gasteiger charge is -2.38. The summed E-state index contributed by atoms with van der Waals surface area (Å²) >= 11 is 2.07. The van der Waals surface area contributed by atoms with Gasteiger partial charge in [0.05, 0.1) is 13.2 Å². The number of hydrogen-bond acceptors (Lipinski definition) is 7. The molecular formula is C43H91N5OS. The number of thioether (sulfide) groups is 1. The number of nitrogens with zero attached hydrogens (tertiary/aromatic N) is 5. The minimum Gasteiger partial charge on any atom is -0.379 e. The molecule has 5 fully saturated rings. The summed E-state index contributed by atoms with van der Waals surface area (Å²) in [6, 6.07) is 0. The van der Waals surface area contributed by atoms with Gasteiger partial charge >= 0.3 is 0 Å². The van der Waals surface area contributed by atoms with Crippen molar-refractivity contribution in [2.75, 3.05) is 90.2 Å². The van der Waals surface area contributed by atoms with Gasteiger partial charge in [-0.15, -0.1) is 0 Å². The van der Waals surface area contributed by atoms with Gasteiger partial charge in [-0.05, 0) is 182 Å². The van der Waals surface area contributed by atoms with Crippen LogP contribution in [0.25, 0.3) is 0 Å². The van der Waals surface area contributed by atoms with Gasteiger partial charge in [0.25, 0.3) is 0 Å². The summed E-state index contributed by atoms with van der Waals surface area (Å²) in [5.41, 5.74) is 1.92. The quantitative estimate of drug-likeness (QED) is 0.245. The second kappa shape index (κ2) is 23.1. The van der Waals surface area contributed by atoms with Crippen molar-refractivity contribution in [1.29, 1.82) is 0 Å². The summed E-state index contributed by atoms with van der Waals surface area (Å²) in [6.07, 6.45) is 12.7. The molecule has 300 valence electrons. The Kier molecular flexibility index (Phi) is 22.3. The number of hydrogen-bond donors (Lipinski definition) is 0. The molecule has 0 radical (unpaired) electrons. The third-order valence-electron chi connectivity index (χ3n) is 10.8. The van der Waals surface area contributed by atoms with E-state index in [1.807, 2.05) is 0 Å². The van der Waals surface area contributed by atoms with Gasteiger partial charge in [0.2, 0.25) is 0 Å². The van der Waals surface area contributed by atoms with E-state index >= 15 is 0 Å². The van der Waals surface area contributed by atoms with Gasteiger partial charge in [0, 0.05) is 65.4 Å². The van der Waals surface area contributed by atoms with E-state index in [9.17, 15) is 0 Å². The molecule has 0 saturated carbocycles. The molecular weight excluding hydrogens is 635 g/mol. The van der Waals surface area contributed by atoms with Gasteiger partial charge < -0.3 is 4.74 Å². The first-order chi connectivity index (χ1) is 23.0. The molecule has 0 aromatic heterocycles. The Morgan fingerprint density at radius 3 is 0.760 bits per heavy atom. The number of piperidine rings is 1. The van der Waals surface area contributed by atoms with E-state index in [2.05, 4.69) is 140 Å². The second-order valence-electron chi connectivity index (χ2n) is 20.2. The van der Waals surface area contributed by atoms with Crippen molar-refractivity contribution in [2.45, 2.75) is 189 Å². The third kappa shape index (κ3) is 21.7. The summed E-state index contributed by atoms with van der Waals surface area (Å²) < 4.78 is 5.25. The highest BCUT2D eigenvalue weighted by Gasteiger charge is 2.25. The van der Waals surface area contributed by atoms with Crippen molar-refractivity contribution >= 4 is 11.8 Å². The standard InChI is InChI=1S/C10H21N.C9H19N.C8H17NO.C8H17NS.C8H17N/c1-10(2,3)11-8-6-4-5-7-9-11;1-9(2,3)10-7-5-4-6-8-10;2*1-8(2,3)9-4-6-10-7-5-9;1-8(2,3)9-6-4-5-7-9/h4-9H2,1-3H3;4-8H2,1-3H3;2*4-7H2,1-3H3;4-7H2,1-3H3. The molecule has 0 amide bonds. The van der Waals surface area contributed by atoms with Crippen molar-refractivity contribution < 1.29 is 4.74 Å². The first kappa shape index (κ1) is 48.1. The predicted octanol–water partition coefficient (Wildman–Crippen LogP) is 9.76. The Balaban J connectivity index is 0.000000313. The Hall–Kier alpha value is 0.110. The molecule has 5 aliphatic heterocycles. The zero-order chi connectivity index (χ0) is 38.1. The highest BCUT2D eigenvalue weighted by Crippen LogP contribution is 2.22. The minimum absolute atomic E-state index is 0.323. The molecule has 0 spiro atoms. The van der Waals surface area contributed by atoms with E-state index in [0.717, 1.165) is 26.3 Å². The van der Waals surface area contributed by atoms with Crippen LogP contribution in [0.4, 0.5) is 0 Å². The maximum atomic E-state index is 5.25. The molecule has 0 atom stereocenters. The molecule has 5 heterocycles. The number of rotatable bonds is 0. The zero-order valence-corrected chi connectivity index (χ0v) is 37.6. The van der Waals surface area contributed by atoms with Crippen LogP contribution in [0.2, 0.25) is 0 Å². The summed E-state index contributed by atoms with van der Waals surface area (Å²) in [4.78, 5) is 12.8. The predicted molar refractivity (Wildman–Crippen MR) is 226 cm³/mol. The van der Waals surface area contributed by atoms with Crippen molar-refractivity contribution in [3.63, 3.8) is 0 Å². The molecule has 0 aliphatic carbocycles. The first-order valence-electron chi connectivity index (χ1n) is 20.9. The van der Waals surface area contributed by atoms with Crippen molar-refractivity contribution in [2.24, 2.45) is 0 Å². The van der Waals surface area contributed by atoms with Crippen LogP contribution in [0.5, 0.6) is 0 Å². The molecule has 6 nitrogen and oxygen atoms in total. The van der Waals surface area contributed by atoms with E-state index in [1.165, 1.54) is 122 Å². The van der Waals surface area contributed by atoms with E-state index in [4.69, 9.17) is 4.74 Å². The monoisotopic (exact) mass is 726 g/mol. The van der Waals surface area contributed by atoms with Crippen LogP contribution in [0.15, 0.2) is 0 Å². The topological polar surface area (TPSA) is 25.4 Å². The highest BCUT2D eigenvalue weighted by atomic mass is 32.2. The third-order valence-corrected chi connectivity index (χ3v) is 11.8.